The highest BCUT2D eigenvalue weighted by molar-refractivity contribution is 5.81. The Balaban J connectivity index is 1.59. The first-order chi connectivity index (χ1) is 14.8. The maximum atomic E-state index is 13.1. The lowest BCUT2D eigenvalue weighted by Gasteiger charge is -2.12. The van der Waals surface area contributed by atoms with E-state index in [2.05, 4.69) is 15.1 Å². The van der Waals surface area contributed by atoms with Crippen LogP contribution in [0.5, 0.6) is 11.5 Å². The Labute approximate surface area is 172 Å². The lowest BCUT2D eigenvalue weighted by atomic mass is 10.2. The summed E-state index contributed by atoms with van der Waals surface area (Å²) in [6, 6.07) is 6.99. The Kier molecular flexibility index (Phi) is 4.34. The van der Waals surface area contributed by atoms with Crippen LogP contribution in [0.4, 0.5) is 13.2 Å². The molecule has 160 valence electrons. The van der Waals surface area contributed by atoms with E-state index in [1.807, 2.05) is 12.1 Å². The number of aryl methyl sites for hydroxylation is 1. The van der Waals surface area contributed by atoms with Gasteiger partial charge in [-0.1, -0.05) is 6.07 Å². The molecule has 0 aliphatic carbocycles. The number of ether oxygens (including phenoxy) is 2. The molecule has 0 fully saturated rings. The zero-order valence-electron chi connectivity index (χ0n) is 16.3. The summed E-state index contributed by atoms with van der Waals surface area (Å²) >= 11 is 0. The van der Waals surface area contributed by atoms with Crippen LogP contribution >= 0.6 is 0 Å². The van der Waals surface area contributed by atoms with Gasteiger partial charge in [0, 0.05) is 12.6 Å². The quantitative estimate of drug-likeness (QED) is 0.485. The van der Waals surface area contributed by atoms with E-state index in [1.165, 1.54) is 16.8 Å². The fourth-order valence-corrected chi connectivity index (χ4v) is 3.57. The van der Waals surface area contributed by atoms with Crippen LogP contribution in [0, 0.1) is 6.92 Å². The number of halogens is 3. The van der Waals surface area contributed by atoms with Crippen molar-refractivity contribution >= 4 is 16.7 Å². The van der Waals surface area contributed by atoms with Gasteiger partial charge in [-0.2, -0.15) is 22.7 Å². The van der Waals surface area contributed by atoms with Crippen LogP contribution in [0.1, 0.15) is 23.5 Å². The molecule has 0 radical (unpaired) electrons. The van der Waals surface area contributed by atoms with Crippen molar-refractivity contribution < 1.29 is 22.6 Å². The highest BCUT2D eigenvalue weighted by Gasteiger charge is 2.37. The van der Waals surface area contributed by atoms with Gasteiger partial charge in [-0.3, -0.25) is 4.79 Å². The third-order valence-electron chi connectivity index (χ3n) is 5.01. The van der Waals surface area contributed by atoms with E-state index in [9.17, 15) is 18.0 Å². The predicted molar refractivity (Wildman–Crippen MR) is 103 cm³/mol. The lowest BCUT2D eigenvalue weighted by molar-refractivity contribution is -0.144. The molecule has 4 aromatic rings. The third-order valence-corrected chi connectivity index (χ3v) is 5.01. The molecule has 0 amide bonds. The number of nitrogens with zero attached hydrogens (tertiary/aromatic N) is 5. The van der Waals surface area contributed by atoms with Crippen molar-refractivity contribution in [2.45, 2.75) is 26.1 Å². The lowest BCUT2D eigenvalue weighted by Crippen LogP contribution is -2.22. The summed E-state index contributed by atoms with van der Waals surface area (Å²) < 4.78 is 52.7. The number of alkyl halides is 3. The van der Waals surface area contributed by atoms with Crippen LogP contribution in [0.25, 0.3) is 16.7 Å². The smallest absolute Gasteiger partial charge is 0.453 e. The zero-order chi connectivity index (χ0) is 21.8. The fraction of sp³-hybridized carbons (Fsp3) is 0.300. The van der Waals surface area contributed by atoms with Crippen LogP contribution < -0.4 is 15.0 Å². The van der Waals surface area contributed by atoms with E-state index in [-0.39, 0.29) is 34.5 Å². The third kappa shape index (κ3) is 3.35. The van der Waals surface area contributed by atoms with Gasteiger partial charge >= 0.3 is 6.18 Å². The summed E-state index contributed by atoms with van der Waals surface area (Å²) in [5, 5.41) is 3.69. The molecule has 31 heavy (non-hydrogen) atoms. The van der Waals surface area contributed by atoms with Gasteiger partial charge in [-0.25, -0.2) is 4.98 Å². The normalized spacial score (nSPS) is 14.2. The molecule has 8 nitrogen and oxygen atoms in total. The van der Waals surface area contributed by atoms with Gasteiger partial charge in [0.1, 0.15) is 0 Å². The van der Waals surface area contributed by atoms with Crippen LogP contribution in [0.15, 0.2) is 35.3 Å². The largest absolute Gasteiger partial charge is 0.490 e. The summed E-state index contributed by atoms with van der Waals surface area (Å²) in [5.74, 6) is -0.243. The van der Waals surface area contributed by atoms with Crippen LogP contribution in [-0.2, 0) is 12.7 Å². The topological polar surface area (TPSA) is 83.5 Å². The Bertz CT molecular complexity index is 1380. The SMILES string of the molecule is Cc1nc2nc(C(F)(F)F)nn2c2ccn(Cc3ccc4c(c3)OCCCO4)c(=O)c12. The van der Waals surface area contributed by atoms with Gasteiger partial charge in [0.15, 0.2) is 11.5 Å². The fourth-order valence-electron chi connectivity index (χ4n) is 3.57. The summed E-state index contributed by atoms with van der Waals surface area (Å²) in [6.45, 7) is 2.93. The molecule has 5 rings (SSSR count). The monoisotopic (exact) mass is 431 g/mol. The molecule has 0 atom stereocenters. The predicted octanol–water partition coefficient (Wildman–Crippen LogP) is 2.98. The van der Waals surface area contributed by atoms with Gasteiger partial charge < -0.3 is 14.0 Å². The van der Waals surface area contributed by atoms with Gasteiger partial charge in [0.05, 0.1) is 36.4 Å². The number of aromatic nitrogens is 5. The van der Waals surface area contributed by atoms with E-state index in [4.69, 9.17) is 9.47 Å². The van der Waals surface area contributed by atoms with E-state index in [1.54, 1.807) is 13.0 Å². The minimum Gasteiger partial charge on any atom is -0.490 e. The van der Waals surface area contributed by atoms with Crippen LogP contribution in [-0.4, -0.2) is 37.4 Å². The van der Waals surface area contributed by atoms with Crippen molar-refractivity contribution in [3.05, 3.63) is 57.9 Å². The van der Waals surface area contributed by atoms with E-state index >= 15 is 0 Å². The molecule has 1 aliphatic rings. The van der Waals surface area contributed by atoms with E-state index in [0.29, 0.717) is 24.7 Å². The Morgan fingerprint density at radius 1 is 1.10 bits per heavy atom. The first-order valence-corrected chi connectivity index (χ1v) is 9.53. The zero-order valence-corrected chi connectivity index (χ0v) is 16.3. The van der Waals surface area contributed by atoms with Crippen LogP contribution in [0.2, 0.25) is 0 Å². The van der Waals surface area contributed by atoms with Crippen molar-refractivity contribution in [1.29, 1.82) is 0 Å². The molecule has 0 spiro atoms. The molecule has 0 saturated carbocycles. The van der Waals surface area contributed by atoms with Gasteiger partial charge in [-0.05, 0) is 30.7 Å². The molecule has 1 aromatic carbocycles. The number of fused-ring (bicyclic) bond motifs is 4. The highest BCUT2D eigenvalue weighted by atomic mass is 19.4. The second-order valence-electron chi connectivity index (χ2n) is 7.18. The standard InChI is InChI=1S/C20H16F3N5O3/c1-11-16-13(28-19(24-11)25-18(26-28)20(21,22)23)5-6-27(17(16)29)10-12-3-4-14-15(9-12)31-8-2-7-30-14/h3-6,9H,2,7-8,10H2,1H3. The molecule has 0 bridgehead atoms. The molecule has 0 N–H and O–H groups in total. The molecular weight excluding hydrogens is 415 g/mol. The van der Waals surface area contributed by atoms with Gasteiger partial charge in [0.25, 0.3) is 17.2 Å². The second kappa shape index (κ2) is 6.96. The van der Waals surface area contributed by atoms with Gasteiger partial charge in [0.2, 0.25) is 0 Å². The van der Waals surface area contributed by atoms with Crippen molar-refractivity contribution in [3.8, 4) is 11.5 Å². The molecule has 3 aromatic heterocycles. The Morgan fingerprint density at radius 2 is 1.87 bits per heavy atom. The number of pyridine rings is 1. The first kappa shape index (κ1) is 19.3. The van der Waals surface area contributed by atoms with Crippen molar-refractivity contribution in [2.24, 2.45) is 0 Å². The number of benzene rings is 1. The number of hydrogen-bond donors (Lipinski definition) is 0. The molecule has 1 aliphatic heterocycles. The minimum atomic E-state index is -4.71. The molecule has 11 heteroatoms. The minimum absolute atomic E-state index is 0.183. The number of hydrogen-bond acceptors (Lipinski definition) is 6. The second-order valence-corrected chi connectivity index (χ2v) is 7.18. The van der Waals surface area contributed by atoms with Crippen LogP contribution in [0.3, 0.4) is 0 Å². The summed E-state index contributed by atoms with van der Waals surface area (Å²) in [6.07, 6.45) is -2.41. The first-order valence-electron chi connectivity index (χ1n) is 9.53. The van der Waals surface area contributed by atoms with E-state index in [0.717, 1.165) is 16.5 Å². The summed E-state index contributed by atoms with van der Waals surface area (Å²) in [5.41, 5.74) is 0.921. The molecule has 0 unspecified atom stereocenters. The summed E-state index contributed by atoms with van der Waals surface area (Å²) in [4.78, 5) is 20.6. The average Bonchev–Trinajstić information content (AvgIpc) is 3.02. The molecule has 4 heterocycles. The molecule has 0 saturated heterocycles. The van der Waals surface area contributed by atoms with E-state index < -0.39 is 12.0 Å². The maximum absolute atomic E-state index is 13.1. The Hall–Kier alpha value is -3.63. The summed E-state index contributed by atoms with van der Waals surface area (Å²) in [7, 11) is 0. The highest BCUT2D eigenvalue weighted by Crippen LogP contribution is 2.31. The molecular formula is C20H16F3N5O3. The van der Waals surface area contributed by atoms with Crippen molar-refractivity contribution in [2.75, 3.05) is 13.2 Å². The Morgan fingerprint density at radius 3 is 2.65 bits per heavy atom. The van der Waals surface area contributed by atoms with Crippen molar-refractivity contribution in [3.63, 3.8) is 0 Å². The van der Waals surface area contributed by atoms with Crippen molar-refractivity contribution in [1.82, 2.24) is 24.1 Å². The average molecular weight is 431 g/mol. The maximum Gasteiger partial charge on any atom is 0.453 e. The van der Waals surface area contributed by atoms with Gasteiger partial charge in [-0.15, -0.1) is 5.10 Å². The number of rotatable bonds is 2.